The van der Waals surface area contributed by atoms with E-state index in [0.717, 1.165) is 38.2 Å². The van der Waals surface area contributed by atoms with Crippen molar-refractivity contribution in [3.63, 3.8) is 0 Å². The molecular formula is C13H15Br2N3O. The number of hydrogen-bond donors (Lipinski definition) is 1. The van der Waals surface area contributed by atoms with Gasteiger partial charge >= 0.3 is 0 Å². The van der Waals surface area contributed by atoms with Crippen molar-refractivity contribution in [2.24, 2.45) is 7.05 Å². The highest BCUT2D eigenvalue weighted by atomic mass is 79.9. The Morgan fingerprint density at radius 1 is 1.32 bits per heavy atom. The van der Waals surface area contributed by atoms with Gasteiger partial charge in [-0.2, -0.15) is 5.10 Å². The fourth-order valence-electron chi connectivity index (χ4n) is 1.88. The Balaban J connectivity index is 2.14. The average Bonchev–Trinajstić information content (AvgIpc) is 2.65. The zero-order valence-corrected chi connectivity index (χ0v) is 14.2. The second-order valence-electron chi connectivity index (χ2n) is 4.25. The van der Waals surface area contributed by atoms with Gasteiger partial charge in [-0.15, -0.1) is 0 Å². The van der Waals surface area contributed by atoms with Gasteiger partial charge in [-0.1, -0.05) is 0 Å². The summed E-state index contributed by atoms with van der Waals surface area (Å²) in [6.45, 7) is 2.72. The number of halogens is 2. The van der Waals surface area contributed by atoms with E-state index in [-0.39, 0.29) is 0 Å². The molecule has 0 radical (unpaired) electrons. The molecule has 0 amide bonds. The standard InChI is InChI=1S/C13H15Br2N3O/c1-8-12(7-18(2)17-8)16-6-9-4-10(14)13(19-3)11(15)5-9/h4-5,7,16H,6H2,1-3H3. The summed E-state index contributed by atoms with van der Waals surface area (Å²) in [5.41, 5.74) is 3.20. The topological polar surface area (TPSA) is 39.1 Å². The Morgan fingerprint density at radius 2 is 1.95 bits per heavy atom. The molecule has 4 nitrogen and oxygen atoms in total. The van der Waals surface area contributed by atoms with E-state index in [2.05, 4.69) is 42.3 Å². The van der Waals surface area contributed by atoms with Crippen LogP contribution in [0.25, 0.3) is 0 Å². The van der Waals surface area contributed by atoms with Crippen LogP contribution < -0.4 is 10.1 Å². The first kappa shape index (κ1) is 14.4. The van der Waals surface area contributed by atoms with Gasteiger partial charge in [-0.05, 0) is 56.5 Å². The molecule has 0 aliphatic carbocycles. The monoisotopic (exact) mass is 387 g/mol. The fraction of sp³-hybridized carbons (Fsp3) is 0.308. The molecule has 0 unspecified atom stereocenters. The van der Waals surface area contributed by atoms with Crippen molar-refractivity contribution < 1.29 is 4.74 Å². The SMILES string of the molecule is COc1c(Br)cc(CNc2cn(C)nc2C)cc1Br. The predicted octanol–water partition coefficient (Wildman–Crippen LogP) is 3.87. The number of benzene rings is 1. The molecule has 1 N–H and O–H groups in total. The summed E-state index contributed by atoms with van der Waals surface area (Å²) in [5.74, 6) is 0.807. The van der Waals surface area contributed by atoms with Crippen molar-refractivity contribution >= 4 is 37.5 Å². The minimum absolute atomic E-state index is 0.730. The Labute approximate surface area is 129 Å². The highest BCUT2D eigenvalue weighted by molar-refractivity contribution is 9.11. The van der Waals surface area contributed by atoms with Crippen LogP contribution in [0.15, 0.2) is 27.3 Å². The third kappa shape index (κ3) is 3.30. The molecule has 6 heteroatoms. The maximum atomic E-state index is 5.29. The molecule has 1 aromatic carbocycles. The fourth-order valence-corrected chi connectivity index (χ4v) is 3.48. The van der Waals surface area contributed by atoms with Crippen molar-refractivity contribution in [2.45, 2.75) is 13.5 Å². The third-order valence-electron chi connectivity index (χ3n) is 2.76. The molecule has 0 aliphatic heterocycles. The lowest BCUT2D eigenvalue weighted by Gasteiger charge is -2.10. The maximum Gasteiger partial charge on any atom is 0.147 e. The molecule has 0 aliphatic rings. The van der Waals surface area contributed by atoms with Crippen LogP contribution >= 0.6 is 31.9 Å². The van der Waals surface area contributed by atoms with E-state index in [4.69, 9.17) is 4.74 Å². The van der Waals surface area contributed by atoms with Crippen molar-refractivity contribution in [1.29, 1.82) is 0 Å². The lowest BCUT2D eigenvalue weighted by Crippen LogP contribution is -2.00. The van der Waals surface area contributed by atoms with Crippen LogP contribution in [0.5, 0.6) is 5.75 Å². The van der Waals surface area contributed by atoms with Gasteiger partial charge in [0.25, 0.3) is 0 Å². The summed E-state index contributed by atoms with van der Waals surface area (Å²) in [6.07, 6.45) is 1.98. The number of rotatable bonds is 4. The van der Waals surface area contributed by atoms with Gasteiger partial charge in [0.2, 0.25) is 0 Å². The van der Waals surface area contributed by atoms with Crippen molar-refractivity contribution in [3.05, 3.63) is 38.5 Å². The van der Waals surface area contributed by atoms with Gasteiger partial charge in [0.05, 0.1) is 27.4 Å². The van der Waals surface area contributed by atoms with Crippen LogP contribution in [0.1, 0.15) is 11.3 Å². The first-order chi connectivity index (χ1) is 9.01. The Kier molecular flexibility index (Phi) is 4.52. The number of nitrogens with zero attached hydrogens (tertiary/aromatic N) is 2. The normalized spacial score (nSPS) is 10.6. The van der Waals surface area contributed by atoms with Crippen LogP contribution in [-0.4, -0.2) is 16.9 Å². The molecule has 1 aromatic heterocycles. The molecule has 0 saturated carbocycles. The van der Waals surface area contributed by atoms with E-state index in [1.165, 1.54) is 0 Å². The third-order valence-corrected chi connectivity index (χ3v) is 3.94. The Hall–Kier alpha value is -1.01. The number of aryl methyl sites for hydroxylation is 2. The molecule has 0 bridgehead atoms. The summed E-state index contributed by atoms with van der Waals surface area (Å²) < 4.78 is 8.96. The summed E-state index contributed by atoms with van der Waals surface area (Å²) in [7, 11) is 3.57. The number of hydrogen-bond acceptors (Lipinski definition) is 3. The van der Waals surface area contributed by atoms with Crippen LogP contribution in [0.3, 0.4) is 0 Å². The molecule has 2 rings (SSSR count). The van der Waals surface area contributed by atoms with Crippen LogP contribution in [0.2, 0.25) is 0 Å². The smallest absolute Gasteiger partial charge is 0.147 e. The molecule has 19 heavy (non-hydrogen) atoms. The van der Waals surface area contributed by atoms with E-state index < -0.39 is 0 Å². The summed E-state index contributed by atoms with van der Waals surface area (Å²) in [5, 5.41) is 7.68. The summed E-state index contributed by atoms with van der Waals surface area (Å²) in [6, 6.07) is 4.09. The van der Waals surface area contributed by atoms with Crippen LogP contribution in [0, 0.1) is 6.92 Å². The van der Waals surface area contributed by atoms with E-state index in [9.17, 15) is 0 Å². The van der Waals surface area contributed by atoms with Crippen LogP contribution in [0.4, 0.5) is 5.69 Å². The maximum absolute atomic E-state index is 5.29. The predicted molar refractivity (Wildman–Crippen MR) is 83.7 cm³/mol. The first-order valence-electron chi connectivity index (χ1n) is 5.77. The highest BCUT2D eigenvalue weighted by Crippen LogP contribution is 2.34. The number of ether oxygens (including phenoxy) is 1. The summed E-state index contributed by atoms with van der Waals surface area (Å²) >= 11 is 7.01. The first-order valence-corrected chi connectivity index (χ1v) is 7.36. The molecule has 0 fully saturated rings. The quantitative estimate of drug-likeness (QED) is 0.863. The molecule has 0 atom stereocenters. The lowest BCUT2D eigenvalue weighted by molar-refractivity contribution is 0.409. The zero-order valence-electron chi connectivity index (χ0n) is 11.0. The van der Waals surface area contributed by atoms with Gasteiger partial charge in [-0.3, -0.25) is 4.68 Å². The van der Waals surface area contributed by atoms with Gasteiger partial charge in [-0.25, -0.2) is 0 Å². The molecule has 1 heterocycles. The van der Waals surface area contributed by atoms with E-state index >= 15 is 0 Å². The van der Waals surface area contributed by atoms with Crippen molar-refractivity contribution in [3.8, 4) is 5.75 Å². The van der Waals surface area contributed by atoms with Gasteiger partial charge < -0.3 is 10.1 Å². The Bertz CT molecular complexity index is 573. The van der Waals surface area contributed by atoms with Crippen LogP contribution in [-0.2, 0) is 13.6 Å². The molecule has 0 saturated heterocycles. The van der Waals surface area contributed by atoms with Gasteiger partial charge in [0.15, 0.2) is 0 Å². The molecule has 2 aromatic rings. The number of anilines is 1. The van der Waals surface area contributed by atoms with E-state index in [1.807, 2.05) is 32.3 Å². The zero-order chi connectivity index (χ0) is 14.0. The summed E-state index contributed by atoms with van der Waals surface area (Å²) in [4.78, 5) is 0. The number of nitrogens with one attached hydrogen (secondary N) is 1. The van der Waals surface area contributed by atoms with Gasteiger partial charge in [0, 0.05) is 19.8 Å². The minimum atomic E-state index is 0.730. The van der Waals surface area contributed by atoms with E-state index in [0.29, 0.717) is 0 Å². The number of aromatic nitrogens is 2. The second kappa shape index (κ2) is 5.96. The van der Waals surface area contributed by atoms with E-state index in [1.54, 1.807) is 11.8 Å². The second-order valence-corrected chi connectivity index (χ2v) is 5.96. The van der Waals surface area contributed by atoms with Crippen molar-refractivity contribution in [2.75, 3.05) is 12.4 Å². The average molecular weight is 389 g/mol. The lowest BCUT2D eigenvalue weighted by atomic mass is 10.2. The largest absolute Gasteiger partial charge is 0.494 e. The molecule has 102 valence electrons. The number of methoxy groups -OCH3 is 1. The Morgan fingerprint density at radius 3 is 2.42 bits per heavy atom. The van der Waals surface area contributed by atoms with Crippen molar-refractivity contribution in [1.82, 2.24) is 9.78 Å². The highest BCUT2D eigenvalue weighted by Gasteiger charge is 2.08. The molecular weight excluding hydrogens is 374 g/mol. The molecule has 0 spiro atoms. The van der Waals surface area contributed by atoms with Gasteiger partial charge in [0.1, 0.15) is 5.75 Å². The minimum Gasteiger partial charge on any atom is -0.494 e.